The van der Waals surface area contributed by atoms with Gasteiger partial charge in [-0.1, -0.05) is 24.3 Å². The zero-order chi connectivity index (χ0) is 12.5. The monoisotopic (exact) mass is 241 g/mol. The number of fused-ring (bicyclic) bond motifs is 1. The van der Waals surface area contributed by atoms with Crippen LogP contribution < -0.4 is 10.6 Å². The Morgan fingerprint density at radius 1 is 1.28 bits per heavy atom. The highest BCUT2D eigenvalue weighted by molar-refractivity contribution is 5.92. The molecular formula is C15H19N3. The highest BCUT2D eigenvalue weighted by Gasteiger charge is 2.25. The summed E-state index contributed by atoms with van der Waals surface area (Å²) in [6, 6.07) is 11.3. The van der Waals surface area contributed by atoms with Crippen LogP contribution in [0.25, 0.3) is 10.8 Å². The number of pyridine rings is 1. The molecule has 1 fully saturated rings. The SMILES string of the molecule is CC1CC(N)CCN1c1nccc2ccccc12. The van der Waals surface area contributed by atoms with Crippen LogP contribution in [0.5, 0.6) is 0 Å². The normalized spacial score (nSPS) is 24.4. The maximum Gasteiger partial charge on any atom is 0.136 e. The lowest BCUT2D eigenvalue weighted by molar-refractivity contribution is 0.428. The minimum absolute atomic E-state index is 0.339. The highest BCUT2D eigenvalue weighted by atomic mass is 15.2. The standard InChI is InChI=1S/C15H19N3/c1-11-10-13(16)7-9-18(11)15-14-5-3-2-4-12(14)6-8-17-15/h2-6,8,11,13H,7,9-10,16H2,1H3. The molecule has 1 aliphatic heterocycles. The van der Waals surface area contributed by atoms with Crippen LogP contribution in [-0.4, -0.2) is 23.6 Å². The van der Waals surface area contributed by atoms with Gasteiger partial charge in [0.15, 0.2) is 0 Å². The second-order valence-corrected chi connectivity index (χ2v) is 5.18. The molecule has 0 aliphatic carbocycles. The van der Waals surface area contributed by atoms with Gasteiger partial charge in [-0.15, -0.1) is 0 Å². The Labute approximate surface area is 108 Å². The van der Waals surface area contributed by atoms with Gasteiger partial charge in [-0.3, -0.25) is 0 Å². The molecule has 1 aromatic carbocycles. The van der Waals surface area contributed by atoms with E-state index in [2.05, 4.69) is 47.1 Å². The van der Waals surface area contributed by atoms with E-state index in [9.17, 15) is 0 Å². The third-order valence-corrected chi connectivity index (χ3v) is 3.84. The molecule has 3 nitrogen and oxygen atoms in total. The number of hydrogen-bond acceptors (Lipinski definition) is 3. The molecule has 2 heterocycles. The minimum Gasteiger partial charge on any atom is -0.353 e. The number of hydrogen-bond donors (Lipinski definition) is 1. The Balaban J connectivity index is 2.04. The smallest absolute Gasteiger partial charge is 0.136 e. The molecule has 0 spiro atoms. The predicted molar refractivity (Wildman–Crippen MR) is 75.8 cm³/mol. The summed E-state index contributed by atoms with van der Waals surface area (Å²) in [5, 5.41) is 2.49. The summed E-state index contributed by atoms with van der Waals surface area (Å²) in [4.78, 5) is 6.99. The zero-order valence-corrected chi connectivity index (χ0v) is 10.7. The van der Waals surface area contributed by atoms with Crippen molar-refractivity contribution in [1.82, 2.24) is 4.98 Å². The van der Waals surface area contributed by atoms with Gasteiger partial charge in [0.2, 0.25) is 0 Å². The maximum atomic E-state index is 6.03. The zero-order valence-electron chi connectivity index (χ0n) is 10.7. The van der Waals surface area contributed by atoms with Crippen molar-refractivity contribution in [3.05, 3.63) is 36.5 Å². The van der Waals surface area contributed by atoms with E-state index in [1.165, 1.54) is 10.8 Å². The first kappa shape index (κ1) is 11.5. The van der Waals surface area contributed by atoms with Crippen LogP contribution in [0, 0.1) is 0 Å². The summed E-state index contributed by atoms with van der Waals surface area (Å²) in [6.45, 7) is 3.24. The first-order chi connectivity index (χ1) is 8.75. The van der Waals surface area contributed by atoms with E-state index in [1.54, 1.807) is 0 Å². The summed E-state index contributed by atoms with van der Waals surface area (Å²) in [6.07, 6.45) is 4.00. The van der Waals surface area contributed by atoms with E-state index in [0.29, 0.717) is 12.1 Å². The van der Waals surface area contributed by atoms with Gasteiger partial charge in [-0.2, -0.15) is 0 Å². The first-order valence-corrected chi connectivity index (χ1v) is 6.61. The van der Waals surface area contributed by atoms with Gasteiger partial charge in [-0.05, 0) is 31.2 Å². The summed E-state index contributed by atoms with van der Waals surface area (Å²) in [7, 11) is 0. The molecule has 2 N–H and O–H groups in total. The number of nitrogens with two attached hydrogens (primary N) is 1. The fraction of sp³-hybridized carbons (Fsp3) is 0.400. The van der Waals surface area contributed by atoms with Crippen molar-refractivity contribution in [2.45, 2.75) is 31.8 Å². The molecule has 94 valence electrons. The summed E-state index contributed by atoms with van der Waals surface area (Å²) < 4.78 is 0. The Morgan fingerprint density at radius 2 is 2.11 bits per heavy atom. The lowest BCUT2D eigenvalue weighted by atomic mass is 9.98. The molecule has 3 rings (SSSR count). The maximum absolute atomic E-state index is 6.03. The lowest BCUT2D eigenvalue weighted by Crippen LogP contribution is -2.46. The predicted octanol–water partition coefficient (Wildman–Crippen LogP) is 2.55. The van der Waals surface area contributed by atoms with E-state index in [0.717, 1.165) is 25.2 Å². The second kappa shape index (κ2) is 4.58. The first-order valence-electron chi connectivity index (χ1n) is 6.61. The molecule has 2 atom stereocenters. The molecule has 1 saturated heterocycles. The lowest BCUT2D eigenvalue weighted by Gasteiger charge is -2.37. The number of anilines is 1. The van der Waals surface area contributed by atoms with Crippen molar-refractivity contribution in [1.29, 1.82) is 0 Å². The van der Waals surface area contributed by atoms with E-state index in [1.807, 2.05) is 6.20 Å². The quantitative estimate of drug-likeness (QED) is 0.834. The molecule has 0 radical (unpaired) electrons. The molecule has 1 aliphatic rings. The molecule has 3 heteroatoms. The summed E-state index contributed by atoms with van der Waals surface area (Å²) in [5.74, 6) is 1.10. The van der Waals surface area contributed by atoms with Crippen molar-refractivity contribution < 1.29 is 0 Å². The molecule has 1 aromatic heterocycles. The van der Waals surface area contributed by atoms with Crippen LogP contribution in [0.15, 0.2) is 36.5 Å². The average molecular weight is 241 g/mol. The van der Waals surface area contributed by atoms with Crippen molar-refractivity contribution in [3.63, 3.8) is 0 Å². The van der Waals surface area contributed by atoms with Crippen LogP contribution >= 0.6 is 0 Å². The van der Waals surface area contributed by atoms with Crippen molar-refractivity contribution in [2.24, 2.45) is 5.73 Å². The number of nitrogens with zero attached hydrogens (tertiary/aromatic N) is 2. The number of rotatable bonds is 1. The van der Waals surface area contributed by atoms with Crippen LogP contribution in [0.4, 0.5) is 5.82 Å². The fourth-order valence-corrected chi connectivity index (χ4v) is 2.86. The molecule has 2 unspecified atom stereocenters. The van der Waals surface area contributed by atoms with Gasteiger partial charge in [-0.25, -0.2) is 4.98 Å². The van der Waals surface area contributed by atoms with Crippen LogP contribution in [0.2, 0.25) is 0 Å². The van der Waals surface area contributed by atoms with Crippen molar-refractivity contribution in [2.75, 3.05) is 11.4 Å². The largest absolute Gasteiger partial charge is 0.353 e. The van der Waals surface area contributed by atoms with Gasteiger partial charge in [0.25, 0.3) is 0 Å². The third-order valence-electron chi connectivity index (χ3n) is 3.84. The Kier molecular flexibility index (Phi) is 2.92. The molecular weight excluding hydrogens is 222 g/mol. The van der Waals surface area contributed by atoms with E-state index >= 15 is 0 Å². The topological polar surface area (TPSA) is 42.1 Å². The number of aromatic nitrogens is 1. The molecule has 0 bridgehead atoms. The average Bonchev–Trinajstić information content (AvgIpc) is 2.38. The van der Waals surface area contributed by atoms with Gasteiger partial charge in [0.1, 0.15) is 5.82 Å². The Hall–Kier alpha value is -1.61. The minimum atomic E-state index is 0.339. The van der Waals surface area contributed by atoms with Gasteiger partial charge >= 0.3 is 0 Å². The number of piperidine rings is 1. The van der Waals surface area contributed by atoms with E-state index in [-0.39, 0.29) is 0 Å². The molecule has 0 amide bonds. The summed E-state index contributed by atoms with van der Waals surface area (Å²) in [5.41, 5.74) is 6.03. The van der Waals surface area contributed by atoms with Crippen molar-refractivity contribution in [3.8, 4) is 0 Å². The van der Waals surface area contributed by atoms with Crippen LogP contribution in [0.1, 0.15) is 19.8 Å². The van der Waals surface area contributed by atoms with Crippen molar-refractivity contribution >= 4 is 16.6 Å². The van der Waals surface area contributed by atoms with Gasteiger partial charge in [0, 0.05) is 30.2 Å². The highest BCUT2D eigenvalue weighted by Crippen LogP contribution is 2.29. The Bertz CT molecular complexity index is 547. The molecule has 0 saturated carbocycles. The van der Waals surface area contributed by atoms with Gasteiger partial charge in [0.05, 0.1) is 0 Å². The summed E-state index contributed by atoms with van der Waals surface area (Å²) >= 11 is 0. The fourth-order valence-electron chi connectivity index (χ4n) is 2.86. The number of benzene rings is 1. The van der Waals surface area contributed by atoms with E-state index in [4.69, 9.17) is 5.73 Å². The second-order valence-electron chi connectivity index (χ2n) is 5.18. The molecule has 2 aromatic rings. The third kappa shape index (κ3) is 1.95. The van der Waals surface area contributed by atoms with Gasteiger partial charge < -0.3 is 10.6 Å². The van der Waals surface area contributed by atoms with Crippen LogP contribution in [-0.2, 0) is 0 Å². The Morgan fingerprint density at radius 3 is 2.94 bits per heavy atom. The molecule has 18 heavy (non-hydrogen) atoms. The van der Waals surface area contributed by atoms with Crippen LogP contribution in [0.3, 0.4) is 0 Å². The van der Waals surface area contributed by atoms with E-state index < -0.39 is 0 Å².